The van der Waals surface area contributed by atoms with Gasteiger partial charge in [-0.05, 0) is 49.6 Å². The lowest BCUT2D eigenvalue weighted by atomic mass is 10.1. The SMILES string of the molecule is CC[C@@H](C)NC(=O)[C@H](CC)N(Cc1ccc(OC)cc1)C(=O)CCN1C(=O)c2ccccc2S1(=O)=O. The van der Waals surface area contributed by atoms with Gasteiger partial charge in [-0.25, -0.2) is 12.7 Å². The molecule has 2 aromatic rings. The van der Waals surface area contributed by atoms with Gasteiger partial charge in [-0.1, -0.05) is 38.1 Å². The number of sulfonamides is 1. The van der Waals surface area contributed by atoms with Crippen molar-refractivity contribution in [3.63, 3.8) is 0 Å². The number of rotatable bonds is 11. The van der Waals surface area contributed by atoms with Crippen molar-refractivity contribution in [1.82, 2.24) is 14.5 Å². The Hall–Kier alpha value is -3.40. The van der Waals surface area contributed by atoms with Crippen LogP contribution in [0, 0.1) is 0 Å². The third kappa shape index (κ3) is 5.70. The van der Waals surface area contributed by atoms with Crippen LogP contribution in [-0.2, 0) is 26.2 Å². The van der Waals surface area contributed by atoms with E-state index in [-0.39, 0.29) is 41.9 Å². The van der Waals surface area contributed by atoms with E-state index in [1.807, 2.05) is 32.9 Å². The van der Waals surface area contributed by atoms with E-state index in [0.29, 0.717) is 12.2 Å². The Bertz CT molecular complexity index is 1210. The highest BCUT2D eigenvalue weighted by Crippen LogP contribution is 2.30. The molecule has 1 aliphatic heterocycles. The molecule has 36 heavy (non-hydrogen) atoms. The molecule has 2 atom stereocenters. The molecule has 3 amide bonds. The van der Waals surface area contributed by atoms with Gasteiger partial charge in [0.15, 0.2) is 0 Å². The quantitative estimate of drug-likeness (QED) is 0.492. The predicted octanol–water partition coefficient (Wildman–Crippen LogP) is 2.95. The molecule has 0 radical (unpaired) electrons. The summed E-state index contributed by atoms with van der Waals surface area (Å²) in [5.74, 6) is -0.681. The molecule has 0 spiro atoms. The lowest BCUT2D eigenvalue weighted by molar-refractivity contribution is -0.141. The molecule has 0 aromatic heterocycles. The normalized spacial score (nSPS) is 15.7. The summed E-state index contributed by atoms with van der Waals surface area (Å²) >= 11 is 0. The Kier molecular flexibility index (Phi) is 8.73. The van der Waals surface area contributed by atoms with Crippen LogP contribution in [0.15, 0.2) is 53.4 Å². The van der Waals surface area contributed by atoms with E-state index in [0.717, 1.165) is 16.3 Å². The summed E-state index contributed by atoms with van der Waals surface area (Å²) in [7, 11) is -2.47. The second-order valence-electron chi connectivity index (χ2n) is 8.74. The van der Waals surface area contributed by atoms with Crippen molar-refractivity contribution < 1.29 is 27.5 Å². The minimum absolute atomic E-state index is 0.0584. The van der Waals surface area contributed by atoms with Gasteiger partial charge in [-0.2, -0.15) is 0 Å². The molecular weight excluding hydrogens is 482 g/mol. The summed E-state index contributed by atoms with van der Waals surface area (Å²) < 4.78 is 31.7. The van der Waals surface area contributed by atoms with Crippen LogP contribution in [0.2, 0.25) is 0 Å². The molecule has 0 bridgehead atoms. The van der Waals surface area contributed by atoms with E-state index in [1.165, 1.54) is 17.0 Å². The third-order valence-corrected chi connectivity index (χ3v) is 8.18. The molecule has 1 N–H and O–H groups in total. The van der Waals surface area contributed by atoms with Crippen LogP contribution in [0.3, 0.4) is 0 Å². The molecule has 9 nitrogen and oxygen atoms in total. The molecule has 0 unspecified atom stereocenters. The van der Waals surface area contributed by atoms with Gasteiger partial charge in [-0.3, -0.25) is 14.4 Å². The molecule has 0 saturated heterocycles. The Morgan fingerprint density at radius 1 is 1.06 bits per heavy atom. The first-order chi connectivity index (χ1) is 17.1. The van der Waals surface area contributed by atoms with Crippen molar-refractivity contribution in [3.05, 3.63) is 59.7 Å². The van der Waals surface area contributed by atoms with Crippen molar-refractivity contribution in [2.75, 3.05) is 13.7 Å². The van der Waals surface area contributed by atoms with E-state index in [1.54, 1.807) is 31.4 Å². The van der Waals surface area contributed by atoms with Gasteiger partial charge >= 0.3 is 0 Å². The van der Waals surface area contributed by atoms with E-state index in [4.69, 9.17) is 4.74 Å². The largest absolute Gasteiger partial charge is 0.497 e. The Balaban J connectivity index is 1.83. The summed E-state index contributed by atoms with van der Waals surface area (Å²) in [5, 5.41) is 2.94. The fraction of sp³-hybridized carbons (Fsp3) is 0.423. The maximum atomic E-state index is 13.5. The zero-order valence-corrected chi connectivity index (χ0v) is 21.9. The zero-order chi connectivity index (χ0) is 26.5. The molecule has 2 aromatic carbocycles. The molecule has 1 heterocycles. The van der Waals surface area contributed by atoms with Crippen LogP contribution in [0.1, 0.15) is 56.0 Å². The maximum absolute atomic E-state index is 13.5. The van der Waals surface area contributed by atoms with E-state index in [9.17, 15) is 22.8 Å². The van der Waals surface area contributed by atoms with Crippen LogP contribution in [0.25, 0.3) is 0 Å². The highest BCUT2D eigenvalue weighted by Gasteiger charge is 2.41. The second kappa shape index (κ2) is 11.6. The first kappa shape index (κ1) is 27.2. The first-order valence-corrected chi connectivity index (χ1v) is 13.5. The van der Waals surface area contributed by atoms with Gasteiger partial charge in [0.25, 0.3) is 15.9 Å². The van der Waals surface area contributed by atoms with Crippen LogP contribution in [-0.4, -0.2) is 61.1 Å². The van der Waals surface area contributed by atoms with Crippen LogP contribution in [0.5, 0.6) is 5.75 Å². The number of carbonyl (C=O) groups is 3. The average Bonchev–Trinajstić information content (AvgIpc) is 3.07. The summed E-state index contributed by atoms with van der Waals surface area (Å²) in [6.45, 7) is 5.51. The standard InChI is InChI=1S/C26H33N3O6S/c1-5-18(3)27-25(31)22(6-2)28(17-19-11-13-20(35-4)14-12-19)24(30)15-16-29-26(32)21-9-7-8-10-23(21)36(29,33)34/h7-14,18,22H,5-6,15-17H2,1-4H3,(H,27,31)/t18-,22+/m1/s1. The second-order valence-corrected chi connectivity index (χ2v) is 10.6. The summed E-state index contributed by atoms with van der Waals surface area (Å²) in [5.41, 5.74) is 0.885. The lowest BCUT2D eigenvalue weighted by Gasteiger charge is -2.32. The van der Waals surface area contributed by atoms with Gasteiger partial charge < -0.3 is 15.0 Å². The highest BCUT2D eigenvalue weighted by atomic mass is 32.2. The number of nitrogens with one attached hydrogen (secondary N) is 1. The van der Waals surface area contributed by atoms with E-state index < -0.39 is 27.9 Å². The third-order valence-electron chi connectivity index (χ3n) is 6.34. The summed E-state index contributed by atoms with van der Waals surface area (Å²) in [6.07, 6.45) is 0.864. The Morgan fingerprint density at radius 3 is 2.31 bits per heavy atom. The monoisotopic (exact) mass is 515 g/mol. The van der Waals surface area contributed by atoms with Gasteiger partial charge in [0.05, 0.1) is 12.7 Å². The Labute approximate surface area is 212 Å². The van der Waals surface area contributed by atoms with Crippen molar-refractivity contribution in [1.29, 1.82) is 0 Å². The molecule has 10 heteroatoms. The zero-order valence-electron chi connectivity index (χ0n) is 21.1. The minimum Gasteiger partial charge on any atom is -0.497 e. The van der Waals surface area contributed by atoms with E-state index >= 15 is 0 Å². The summed E-state index contributed by atoms with van der Waals surface area (Å²) in [6, 6.07) is 12.3. The van der Waals surface area contributed by atoms with Crippen LogP contribution < -0.4 is 10.1 Å². The highest BCUT2D eigenvalue weighted by molar-refractivity contribution is 7.90. The number of amides is 3. The van der Waals surface area contributed by atoms with Gasteiger partial charge in [-0.15, -0.1) is 0 Å². The topological polar surface area (TPSA) is 113 Å². The number of carbonyl (C=O) groups excluding carboxylic acids is 3. The fourth-order valence-corrected chi connectivity index (χ4v) is 5.65. The van der Waals surface area contributed by atoms with Gasteiger partial charge in [0.1, 0.15) is 16.7 Å². The molecular formula is C26H33N3O6S. The predicted molar refractivity (Wildman–Crippen MR) is 135 cm³/mol. The first-order valence-electron chi connectivity index (χ1n) is 12.0. The number of benzene rings is 2. The fourth-order valence-electron chi connectivity index (χ4n) is 4.08. The molecule has 3 rings (SSSR count). The number of hydrogen-bond acceptors (Lipinski definition) is 6. The summed E-state index contributed by atoms with van der Waals surface area (Å²) in [4.78, 5) is 40.7. The van der Waals surface area contributed by atoms with E-state index in [2.05, 4.69) is 5.32 Å². The average molecular weight is 516 g/mol. The molecule has 0 saturated carbocycles. The number of methoxy groups -OCH3 is 1. The Morgan fingerprint density at radius 2 is 1.72 bits per heavy atom. The number of ether oxygens (including phenoxy) is 1. The molecule has 1 aliphatic rings. The number of fused-ring (bicyclic) bond motifs is 1. The van der Waals surface area contributed by atoms with Crippen molar-refractivity contribution in [3.8, 4) is 5.75 Å². The molecule has 194 valence electrons. The van der Waals surface area contributed by atoms with Gasteiger partial charge in [0, 0.05) is 25.6 Å². The van der Waals surface area contributed by atoms with Crippen molar-refractivity contribution in [2.24, 2.45) is 0 Å². The number of nitrogens with zero attached hydrogens (tertiary/aromatic N) is 2. The van der Waals surface area contributed by atoms with Crippen molar-refractivity contribution in [2.45, 2.75) is 63.6 Å². The lowest BCUT2D eigenvalue weighted by Crippen LogP contribution is -2.51. The molecule has 0 fully saturated rings. The van der Waals surface area contributed by atoms with Crippen LogP contribution in [0.4, 0.5) is 0 Å². The van der Waals surface area contributed by atoms with Gasteiger partial charge in [0.2, 0.25) is 11.8 Å². The smallest absolute Gasteiger partial charge is 0.269 e. The maximum Gasteiger partial charge on any atom is 0.269 e. The molecule has 0 aliphatic carbocycles. The number of hydrogen-bond donors (Lipinski definition) is 1. The van der Waals surface area contributed by atoms with Crippen molar-refractivity contribution >= 4 is 27.7 Å². The minimum atomic E-state index is -4.03. The van der Waals surface area contributed by atoms with Crippen LogP contribution >= 0.6 is 0 Å².